The minimum absolute atomic E-state index is 0.148. The van der Waals surface area contributed by atoms with Gasteiger partial charge >= 0.3 is 0 Å². The van der Waals surface area contributed by atoms with Crippen LogP contribution in [0.3, 0.4) is 0 Å². The summed E-state index contributed by atoms with van der Waals surface area (Å²) in [7, 11) is 0. The molecule has 0 bridgehead atoms. The van der Waals surface area contributed by atoms with Gasteiger partial charge in [-0.1, -0.05) is 18.2 Å². The molecule has 1 unspecified atom stereocenters. The average Bonchev–Trinajstić information content (AvgIpc) is 2.99. The monoisotopic (exact) mass is 338 g/mol. The van der Waals surface area contributed by atoms with Crippen LogP contribution < -0.4 is 5.32 Å². The molecular formula is C19H18N2O4. The van der Waals surface area contributed by atoms with E-state index in [-0.39, 0.29) is 23.4 Å². The van der Waals surface area contributed by atoms with E-state index in [1.165, 1.54) is 24.3 Å². The molecular weight excluding hydrogens is 320 g/mol. The van der Waals surface area contributed by atoms with Crippen molar-refractivity contribution in [2.45, 2.75) is 19.4 Å². The number of nitrogens with one attached hydrogen (secondary N) is 1. The quantitative estimate of drug-likeness (QED) is 0.491. The Kier molecular flexibility index (Phi) is 4.70. The molecule has 6 nitrogen and oxygen atoms in total. The van der Waals surface area contributed by atoms with Crippen molar-refractivity contribution in [3.8, 4) is 11.5 Å². The largest absolute Gasteiger partial charge is 0.504 e. The van der Waals surface area contributed by atoms with Gasteiger partial charge < -0.3 is 19.9 Å². The third kappa shape index (κ3) is 4.17. The van der Waals surface area contributed by atoms with Gasteiger partial charge in [-0.3, -0.25) is 4.79 Å². The first kappa shape index (κ1) is 16.6. The molecule has 2 aromatic carbocycles. The lowest BCUT2D eigenvalue weighted by Gasteiger charge is -2.12. The molecule has 1 heterocycles. The molecule has 3 aromatic rings. The van der Waals surface area contributed by atoms with E-state index in [2.05, 4.69) is 10.3 Å². The van der Waals surface area contributed by atoms with Crippen molar-refractivity contribution in [3.05, 3.63) is 60.0 Å². The van der Waals surface area contributed by atoms with Crippen molar-refractivity contribution in [3.63, 3.8) is 0 Å². The second-order valence-electron chi connectivity index (χ2n) is 5.79. The van der Waals surface area contributed by atoms with Gasteiger partial charge in [-0.15, -0.1) is 0 Å². The normalized spacial score (nSPS) is 12.5. The van der Waals surface area contributed by atoms with Gasteiger partial charge in [-0.25, -0.2) is 4.98 Å². The zero-order valence-corrected chi connectivity index (χ0v) is 13.6. The number of benzene rings is 2. The number of nitrogens with zero attached hydrogens (tertiary/aromatic N) is 1. The van der Waals surface area contributed by atoms with Gasteiger partial charge in [-0.05, 0) is 43.2 Å². The maximum atomic E-state index is 12.0. The first-order chi connectivity index (χ1) is 12.0. The van der Waals surface area contributed by atoms with Gasteiger partial charge in [-0.2, -0.15) is 0 Å². The van der Waals surface area contributed by atoms with Crippen LogP contribution in [0.2, 0.25) is 0 Å². The molecule has 0 aliphatic heterocycles. The highest BCUT2D eigenvalue weighted by Gasteiger charge is 2.09. The number of amides is 1. The van der Waals surface area contributed by atoms with Gasteiger partial charge in [0.2, 0.25) is 11.8 Å². The summed E-state index contributed by atoms with van der Waals surface area (Å²) in [6.45, 7) is 1.86. The van der Waals surface area contributed by atoms with E-state index in [0.717, 1.165) is 11.1 Å². The molecule has 128 valence electrons. The van der Waals surface area contributed by atoms with E-state index >= 15 is 0 Å². The lowest BCUT2D eigenvalue weighted by atomic mass is 10.1. The SMILES string of the molecule is CC(Cc1ccc(O)c(O)c1)NC(=O)C=Cc1nc2ccccc2o1. The fourth-order valence-electron chi connectivity index (χ4n) is 2.50. The van der Waals surface area contributed by atoms with E-state index in [0.29, 0.717) is 17.9 Å². The molecule has 0 aliphatic carbocycles. The van der Waals surface area contributed by atoms with Crippen LogP contribution >= 0.6 is 0 Å². The number of carbonyl (C=O) groups excluding carboxylic acids is 1. The van der Waals surface area contributed by atoms with Gasteiger partial charge in [0.15, 0.2) is 17.1 Å². The predicted octanol–water partition coefficient (Wildman–Crippen LogP) is 3.00. The lowest BCUT2D eigenvalue weighted by Crippen LogP contribution is -2.32. The number of phenols is 2. The van der Waals surface area contributed by atoms with Gasteiger partial charge in [0.25, 0.3) is 0 Å². The fourth-order valence-corrected chi connectivity index (χ4v) is 2.50. The Balaban J connectivity index is 1.58. The summed E-state index contributed by atoms with van der Waals surface area (Å²) in [6, 6.07) is 11.8. The third-order valence-electron chi connectivity index (χ3n) is 3.66. The van der Waals surface area contributed by atoms with Crippen LogP contribution in [-0.4, -0.2) is 27.1 Å². The number of hydrogen-bond donors (Lipinski definition) is 3. The maximum absolute atomic E-state index is 12.0. The van der Waals surface area contributed by atoms with Gasteiger partial charge in [0, 0.05) is 18.2 Å². The number of rotatable bonds is 5. The van der Waals surface area contributed by atoms with Crippen LogP contribution in [0.5, 0.6) is 11.5 Å². The van der Waals surface area contributed by atoms with Crippen LogP contribution in [-0.2, 0) is 11.2 Å². The van der Waals surface area contributed by atoms with Crippen LogP contribution in [0.25, 0.3) is 17.2 Å². The van der Waals surface area contributed by atoms with Gasteiger partial charge in [0.05, 0.1) is 0 Å². The third-order valence-corrected chi connectivity index (χ3v) is 3.66. The van der Waals surface area contributed by atoms with Crippen molar-refractivity contribution in [2.75, 3.05) is 0 Å². The topological polar surface area (TPSA) is 95.6 Å². The van der Waals surface area contributed by atoms with Crippen molar-refractivity contribution < 1.29 is 19.4 Å². The van der Waals surface area contributed by atoms with Crippen molar-refractivity contribution in [1.82, 2.24) is 10.3 Å². The highest BCUT2D eigenvalue weighted by molar-refractivity contribution is 5.91. The Morgan fingerprint density at radius 3 is 2.80 bits per heavy atom. The molecule has 0 spiro atoms. The van der Waals surface area contributed by atoms with E-state index in [4.69, 9.17) is 4.42 Å². The number of fused-ring (bicyclic) bond motifs is 1. The molecule has 3 N–H and O–H groups in total. The number of aromatic nitrogens is 1. The minimum Gasteiger partial charge on any atom is -0.504 e. The molecule has 0 fully saturated rings. The second kappa shape index (κ2) is 7.09. The fraction of sp³-hybridized carbons (Fsp3) is 0.158. The van der Waals surface area contributed by atoms with Gasteiger partial charge in [0.1, 0.15) is 5.52 Å². The van der Waals surface area contributed by atoms with Crippen molar-refractivity contribution in [1.29, 1.82) is 0 Å². The summed E-state index contributed by atoms with van der Waals surface area (Å²) in [6.07, 6.45) is 3.42. The Hall–Kier alpha value is -3.28. The molecule has 1 aromatic heterocycles. The maximum Gasteiger partial charge on any atom is 0.244 e. The van der Waals surface area contributed by atoms with Crippen molar-refractivity contribution >= 4 is 23.1 Å². The zero-order valence-electron chi connectivity index (χ0n) is 13.6. The van der Waals surface area contributed by atoms with Crippen LogP contribution in [0.1, 0.15) is 18.4 Å². The highest BCUT2D eigenvalue weighted by atomic mass is 16.3. The van der Waals surface area contributed by atoms with E-state index < -0.39 is 0 Å². The Labute approximate surface area is 144 Å². The molecule has 0 aliphatic rings. The predicted molar refractivity (Wildman–Crippen MR) is 94.1 cm³/mol. The number of oxazole rings is 1. The highest BCUT2D eigenvalue weighted by Crippen LogP contribution is 2.25. The Morgan fingerprint density at radius 1 is 1.24 bits per heavy atom. The molecule has 1 atom stereocenters. The Morgan fingerprint density at radius 2 is 2.04 bits per heavy atom. The summed E-state index contributed by atoms with van der Waals surface area (Å²) >= 11 is 0. The summed E-state index contributed by atoms with van der Waals surface area (Å²) in [5, 5.41) is 21.6. The molecule has 1 amide bonds. The van der Waals surface area contributed by atoms with E-state index in [1.54, 1.807) is 6.07 Å². The average molecular weight is 338 g/mol. The second-order valence-corrected chi connectivity index (χ2v) is 5.79. The molecule has 3 rings (SSSR count). The summed E-state index contributed by atoms with van der Waals surface area (Å²) in [4.78, 5) is 16.3. The van der Waals surface area contributed by atoms with Crippen LogP contribution in [0, 0.1) is 0 Å². The smallest absolute Gasteiger partial charge is 0.244 e. The van der Waals surface area contributed by atoms with E-state index in [1.807, 2.05) is 31.2 Å². The first-order valence-corrected chi connectivity index (χ1v) is 7.86. The molecule has 6 heteroatoms. The summed E-state index contributed by atoms with van der Waals surface area (Å²) in [5.41, 5.74) is 2.22. The summed E-state index contributed by atoms with van der Waals surface area (Å²) < 4.78 is 5.51. The standard InChI is InChI=1S/C19H18N2O4/c1-12(10-13-6-7-15(22)16(23)11-13)20-18(24)8-9-19-21-14-4-2-3-5-17(14)25-19/h2-9,11-12,22-23H,10H2,1H3,(H,20,24). The lowest BCUT2D eigenvalue weighted by molar-refractivity contribution is -0.117. The van der Waals surface area contributed by atoms with Crippen LogP contribution in [0.15, 0.2) is 53.0 Å². The first-order valence-electron chi connectivity index (χ1n) is 7.86. The molecule has 25 heavy (non-hydrogen) atoms. The minimum atomic E-state index is -0.266. The number of carbonyl (C=O) groups is 1. The van der Waals surface area contributed by atoms with E-state index in [9.17, 15) is 15.0 Å². The summed E-state index contributed by atoms with van der Waals surface area (Å²) in [5.74, 6) is -0.237. The number of para-hydroxylation sites is 2. The van der Waals surface area contributed by atoms with Crippen molar-refractivity contribution in [2.24, 2.45) is 0 Å². The molecule has 0 saturated heterocycles. The Bertz CT molecular complexity index is 897. The van der Waals surface area contributed by atoms with Crippen LogP contribution in [0.4, 0.5) is 0 Å². The number of aromatic hydroxyl groups is 2. The number of hydrogen-bond acceptors (Lipinski definition) is 5. The zero-order chi connectivity index (χ0) is 17.8. The molecule has 0 saturated carbocycles. The molecule has 0 radical (unpaired) electrons. The number of phenolic OH excluding ortho intramolecular Hbond substituents is 2.